The Morgan fingerprint density at radius 3 is 2.58 bits per heavy atom. The number of carboxylic acids is 1. The zero-order valence-corrected chi connectivity index (χ0v) is 16.8. The van der Waals surface area contributed by atoms with Crippen molar-refractivity contribution in [3.05, 3.63) is 29.3 Å². The Kier molecular flexibility index (Phi) is 4.85. The molecule has 0 saturated carbocycles. The summed E-state index contributed by atoms with van der Waals surface area (Å²) in [7, 11) is 0. The van der Waals surface area contributed by atoms with Gasteiger partial charge in [-0.2, -0.15) is 0 Å². The average molecular weight is 360 g/mol. The number of hydrogen-bond acceptors (Lipinski definition) is 3. The van der Waals surface area contributed by atoms with Crippen molar-refractivity contribution in [2.24, 2.45) is 11.8 Å². The standard InChI is InChI=1S/C22H32O4/c1-7-8-17-15(20(23)24)12-16-19(25-17)14-11-13(21(2,3)4)9-10-18(14)26-22(16,5)6/h9-11,15-17,19H,7-8,12H2,1-6H3,(H,23,24)/t15-,16-,17-,19+/m1/s1. The average Bonchev–Trinajstić information content (AvgIpc) is 2.52. The molecule has 1 saturated heterocycles. The predicted octanol–water partition coefficient (Wildman–Crippen LogP) is 5.10. The Balaban J connectivity index is 2.04. The second-order valence-electron chi connectivity index (χ2n) is 9.38. The van der Waals surface area contributed by atoms with Gasteiger partial charge in [-0.1, -0.05) is 40.2 Å². The summed E-state index contributed by atoms with van der Waals surface area (Å²) < 4.78 is 12.8. The van der Waals surface area contributed by atoms with E-state index in [-0.39, 0.29) is 23.5 Å². The molecule has 1 fully saturated rings. The molecule has 1 N–H and O–H groups in total. The molecule has 0 aliphatic carbocycles. The summed E-state index contributed by atoms with van der Waals surface area (Å²) in [6, 6.07) is 6.38. The highest BCUT2D eigenvalue weighted by atomic mass is 16.5. The Morgan fingerprint density at radius 1 is 1.31 bits per heavy atom. The van der Waals surface area contributed by atoms with Gasteiger partial charge in [0.25, 0.3) is 0 Å². The summed E-state index contributed by atoms with van der Waals surface area (Å²) in [6.07, 6.45) is 1.94. The number of benzene rings is 1. The van der Waals surface area contributed by atoms with E-state index < -0.39 is 17.5 Å². The predicted molar refractivity (Wildman–Crippen MR) is 102 cm³/mol. The van der Waals surface area contributed by atoms with E-state index in [9.17, 15) is 9.90 Å². The number of carboxylic acid groups (broad SMARTS) is 1. The summed E-state index contributed by atoms with van der Waals surface area (Å²) in [4.78, 5) is 11.8. The molecule has 2 heterocycles. The molecule has 0 amide bonds. The fraction of sp³-hybridized carbons (Fsp3) is 0.682. The summed E-state index contributed by atoms with van der Waals surface area (Å²) in [6.45, 7) is 12.8. The summed E-state index contributed by atoms with van der Waals surface area (Å²) >= 11 is 0. The fourth-order valence-electron chi connectivity index (χ4n) is 4.37. The van der Waals surface area contributed by atoms with E-state index >= 15 is 0 Å². The van der Waals surface area contributed by atoms with Crippen molar-refractivity contribution in [3.8, 4) is 5.75 Å². The minimum Gasteiger partial charge on any atom is -0.487 e. The largest absolute Gasteiger partial charge is 0.487 e. The van der Waals surface area contributed by atoms with Crippen LogP contribution in [0.4, 0.5) is 0 Å². The molecule has 4 nitrogen and oxygen atoms in total. The Hall–Kier alpha value is -1.55. The smallest absolute Gasteiger partial charge is 0.309 e. The number of hydrogen-bond donors (Lipinski definition) is 1. The van der Waals surface area contributed by atoms with Crippen molar-refractivity contribution in [1.82, 2.24) is 0 Å². The zero-order valence-electron chi connectivity index (χ0n) is 16.8. The van der Waals surface area contributed by atoms with Gasteiger partial charge >= 0.3 is 5.97 Å². The van der Waals surface area contributed by atoms with Crippen LogP contribution in [0.1, 0.15) is 78.0 Å². The van der Waals surface area contributed by atoms with Crippen molar-refractivity contribution in [1.29, 1.82) is 0 Å². The van der Waals surface area contributed by atoms with Gasteiger partial charge in [0, 0.05) is 11.5 Å². The topological polar surface area (TPSA) is 55.8 Å². The summed E-state index contributed by atoms with van der Waals surface area (Å²) in [5.41, 5.74) is 1.91. The lowest BCUT2D eigenvalue weighted by molar-refractivity contribution is -0.188. The molecule has 0 bridgehead atoms. The van der Waals surface area contributed by atoms with Gasteiger partial charge < -0.3 is 14.6 Å². The van der Waals surface area contributed by atoms with Crippen LogP contribution in [0.3, 0.4) is 0 Å². The van der Waals surface area contributed by atoms with Gasteiger partial charge in [-0.25, -0.2) is 0 Å². The molecule has 4 atom stereocenters. The van der Waals surface area contributed by atoms with Crippen LogP contribution in [0.15, 0.2) is 18.2 Å². The van der Waals surface area contributed by atoms with Gasteiger partial charge in [0.1, 0.15) is 11.4 Å². The van der Waals surface area contributed by atoms with Crippen LogP contribution in [0.25, 0.3) is 0 Å². The van der Waals surface area contributed by atoms with Crippen LogP contribution in [0, 0.1) is 11.8 Å². The fourth-order valence-corrected chi connectivity index (χ4v) is 4.37. The lowest BCUT2D eigenvalue weighted by Gasteiger charge is -2.50. The highest BCUT2D eigenvalue weighted by molar-refractivity contribution is 5.71. The van der Waals surface area contributed by atoms with E-state index in [1.165, 1.54) is 5.56 Å². The maximum Gasteiger partial charge on any atom is 0.309 e. The van der Waals surface area contributed by atoms with E-state index in [4.69, 9.17) is 9.47 Å². The number of ether oxygens (including phenoxy) is 2. The molecule has 2 aliphatic heterocycles. The molecule has 1 aromatic rings. The van der Waals surface area contributed by atoms with Gasteiger partial charge in [0.15, 0.2) is 0 Å². The van der Waals surface area contributed by atoms with Gasteiger partial charge in [0.2, 0.25) is 0 Å². The third-order valence-electron chi connectivity index (χ3n) is 5.98. The molecule has 1 aromatic carbocycles. The Bertz CT molecular complexity index is 686. The van der Waals surface area contributed by atoms with E-state index in [1.54, 1.807) is 0 Å². The molecular weight excluding hydrogens is 328 g/mol. The zero-order chi connectivity index (χ0) is 19.3. The molecule has 0 spiro atoms. The van der Waals surface area contributed by atoms with Crippen LogP contribution in [0.2, 0.25) is 0 Å². The number of aliphatic carboxylic acids is 1. The minimum atomic E-state index is -0.757. The van der Waals surface area contributed by atoms with Crippen LogP contribution in [0.5, 0.6) is 5.75 Å². The normalized spacial score (nSPS) is 30.1. The monoisotopic (exact) mass is 360 g/mol. The molecule has 4 heteroatoms. The lowest BCUT2D eigenvalue weighted by atomic mass is 9.71. The van der Waals surface area contributed by atoms with Crippen molar-refractivity contribution >= 4 is 5.97 Å². The SMILES string of the molecule is CCC[C@H]1O[C@H]2c3cc(C(C)(C)C)ccc3OC(C)(C)[C@@H]2C[C@H]1C(=O)O. The minimum absolute atomic E-state index is 0.0272. The highest BCUT2D eigenvalue weighted by Crippen LogP contribution is 2.53. The lowest BCUT2D eigenvalue weighted by Crippen LogP contribution is -2.52. The third kappa shape index (κ3) is 3.36. The Morgan fingerprint density at radius 2 is 2.00 bits per heavy atom. The maximum atomic E-state index is 11.8. The number of rotatable bonds is 3. The molecule has 2 aliphatic rings. The van der Waals surface area contributed by atoms with E-state index in [0.717, 1.165) is 24.2 Å². The van der Waals surface area contributed by atoms with E-state index in [0.29, 0.717) is 6.42 Å². The first kappa shape index (κ1) is 19.2. The van der Waals surface area contributed by atoms with Crippen LogP contribution in [-0.2, 0) is 14.9 Å². The molecule has 0 radical (unpaired) electrons. The number of fused-ring (bicyclic) bond motifs is 3. The summed E-state index contributed by atoms with van der Waals surface area (Å²) in [5.74, 6) is -0.328. The molecule has 0 aromatic heterocycles. The van der Waals surface area contributed by atoms with Crippen molar-refractivity contribution in [2.45, 2.75) is 84.0 Å². The van der Waals surface area contributed by atoms with E-state index in [2.05, 4.69) is 45.9 Å². The maximum absolute atomic E-state index is 11.8. The van der Waals surface area contributed by atoms with Gasteiger partial charge in [-0.15, -0.1) is 0 Å². The van der Waals surface area contributed by atoms with Crippen LogP contribution < -0.4 is 4.74 Å². The van der Waals surface area contributed by atoms with Crippen molar-refractivity contribution in [2.75, 3.05) is 0 Å². The molecular formula is C22H32O4. The second kappa shape index (κ2) is 6.56. The van der Waals surface area contributed by atoms with Crippen molar-refractivity contribution < 1.29 is 19.4 Å². The van der Waals surface area contributed by atoms with Gasteiger partial charge in [-0.05, 0) is 49.8 Å². The van der Waals surface area contributed by atoms with E-state index in [1.807, 2.05) is 13.8 Å². The molecule has 26 heavy (non-hydrogen) atoms. The quantitative estimate of drug-likeness (QED) is 0.814. The first-order valence-electron chi connectivity index (χ1n) is 9.76. The second-order valence-corrected chi connectivity index (χ2v) is 9.38. The molecule has 3 rings (SSSR count). The summed E-state index contributed by atoms with van der Waals surface area (Å²) in [5, 5.41) is 9.72. The first-order valence-corrected chi connectivity index (χ1v) is 9.76. The molecule has 144 valence electrons. The van der Waals surface area contributed by atoms with Crippen molar-refractivity contribution in [3.63, 3.8) is 0 Å². The first-order chi connectivity index (χ1) is 12.0. The molecule has 0 unspecified atom stereocenters. The number of carbonyl (C=O) groups is 1. The van der Waals surface area contributed by atoms with Gasteiger partial charge in [0.05, 0.1) is 18.1 Å². The van der Waals surface area contributed by atoms with Crippen LogP contribution >= 0.6 is 0 Å². The third-order valence-corrected chi connectivity index (χ3v) is 5.98. The Labute approximate surface area is 156 Å². The highest BCUT2D eigenvalue weighted by Gasteiger charge is 2.51. The van der Waals surface area contributed by atoms with Gasteiger partial charge in [-0.3, -0.25) is 4.79 Å². The van der Waals surface area contributed by atoms with Crippen LogP contribution in [-0.4, -0.2) is 22.8 Å².